The number of nitrogens with one attached hydrogen (secondary N) is 1. The Kier molecular flexibility index (Phi) is 7.96. The summed E-state index contributed by atoms with van der Waals surface area (Å²) in [6.45, 7) is 6.14. The number of methoxy groups -OCH3 is 2. The third-order valence-electron chi connectivity index (χ3n) is 2.62. The molecule has 0 fully saturated rings. The first-order chi connectivity index (χ1) is 7.02. The molecule has 0 aliphatic heterocycles. The highest BCUT2D eigenvalue weighted by Gasteiger charge is 2.15. The lowest BCUT2D eigenvalue weighted by molar-refractivity contribution is -0.0991. The minimum Gasteiger partial charge on any atom is -0.355 e. The van der Waals surface area contributed by atoms with E-state index in [4.69, 9.17) is 9.47 Å². The first-order valence-corrected chi connectivity index (χ1v) is 5.45. The molecule has 0 aromatic carbocycles. The first-order valence-electron chi connectivity index (χ1n) is 5.45. The molecule has 15 heavy (non-hydrogen) atoms. The van der Waals surface area contributed by atoms with Gasteiger partial charge >= 0.3 is 0 Å². The van der Waals surface area contributed by atoms with E-state index in [0.717, 1.165) is 13.1 Å². The van der Waals surface area contributed by atoms with Crippen molar-refractivity contribution in [1.82, 2.24) is 10.2 Å². The molecular weight excluding hydrogens is 192 g/mol. The lowest BCUT2D eigenvalue weighted by Crippen LogP contribution is -2.43. The lowest BCUT2D eigenvalue weighted by Gasteiger charge is -2.28. The van der Waals surface area contributed by atoms with Crippen LogP contribution in [0.5, 0.6) is 0 Å². The van der Waals surface area contributed by atoms with Crippen molar-refractivity contribution < 1.29 is 9.47 Å². The van der Waals surface area contributed by atoms with Gasteiger partial charge in [-0.1, -0.05) is 13.8 Å². The molecular formula is C11H26N2O2. The van der Waals surface area contributed by atoms with Crippen molar-refractivity contribution in [1.29, 1.82) is 0 Å². The molecule has 0 rings (SSSR count). The monoisotopic (exact) mass is 218 g/mol. The van der Waals surface area contributed by atoms with Crippen LogP contribution in [0, 0.1) is 5.92 Å². The average Bonchev–Trinajstić information content (AvgIpc) is 2.17. The van der Waals surface area contributed by atoms with Crippen LogP contribution in [0.4, 0.5) is 0 Å². The predicted molar refractivity (Wildman–Crippen MR) is 63.0 cm³/mol. The number of hydrogen-bond acceptors (Lipinski definition) is 4. The topological polar surface area (TPSA) is 33.7 Å². The Morgan fingerprint density at radius 2 is 1.60 bits per heavy atom. The normalized spacial score (nSPS) is 14.2. The van der Waals surface area contributed by atoms with E-state index in [1.54, 1.807) is 14.2 Å². The zero-order valence-corrected chi connectivity index (χ0v) is 10.9. The van der Waals surface area contributed by atoms with Gasteiger partial charge in [-0.15, -0.1) is 0 Å². The molecule has 4 nitrogen and oxygen atoms in total. The van der Waals surface area contributed by atoms with Gasteiger partial charge in [0.05, 0.1) is 0 Å². The molecule has 0 saturated heterocycles. The summed E-state index contributed by atoms with van der Waals surface area (Å²) in [5, 5.41) is 3.36. The summed E-state index contributed by atoms with van der Waals surface area (Å²) in [7, 11) is 7.52. The van der Waals surface area contributed by atoms with Gasteiger partial charge in [-0.3, -0.25) is 0 Å². The molecule has 0 radical (unpaired) electrons. The Labute approximate surface area is 93.9 Å². The number of rotatable bonds is 8. The van der Waals surface area contributed by atoms with Crippen LogP contribution < -0.4 is 5.32 Å². The molecule has 0 saturated carbocycles. The van der Waals surface area contributed by atoms with E-state index >= 15 is 0 Å². The molecule has 1 N–H and O–H groups in total. The van der Waals surface area contributed by atoms with Crippen molar-refractivity contribution >= 4 is 0 Å². The van der Waals surface area contributed by atoms with E-state index in [1.807, 2.05) is 0 Å². The van der Waals surface area contributed by atoms with Crippen LogP contribution in [0.2, 0.25) is 0 Å². The van der Waals surface area contributed by atoms with Gasteiger partial charge < -0.3 is 19.7 Å². The van der Waals surface area contributed by atoms with Gasteiger partial charge in [-0.2, -0.15) is 0 Å². The number of likely N-dealkylation sites (N-methyl/N-ethyl adjacent to an activating group) is 1. The van der Waals surface area contributed by atoms with Gasteiger partial charge in [-0.25, -0.2) is 0 Å². The van der Waals surface area contributed by atoms with Gasteiger partial charge in [-0.05, 0) is 20.0 Å². The summed E-state index contributed by atoms with van der Waals surface area (Å²) in [6.07, 6.45) is -0.153. The van der Waals surface area contributed by atoms with Crippen molar-refractivity contribution in [2.45, 2.75) is 26.2 Å². The second-order valence-electron chi connectivity index (χ2n) is 4.33. The Balaban J connectivity index is 3.80. The fourth-order valence-corrected chi connectivity index (χ4v) is 1.63. The van der Waals surface area contributed by atoms with E-state index in [0.29, 0.717) is 12.0 Å². The maximum absolute atomic E-state index is 5.10. The Morgan fingerprint density at radius 1 is 1.07 bits per heavy atom. The summed E-state index contributed by atoms with van der Waals surface area (Å²) < 4.78 is 10.2. The largest absolute Gasteiger partial charge is 0.355 e. The van der Waals surface area contributed by atoms with E-state index in [2.05, 4.69) is 38.2 Å². The molecule has 0 aromatic heterocycles. The summed E-state index contributed by atoms with van der Waals surface area (Å²) in [5.74, 6) is 0.635. The van der Waals surface area contributed by atoms with Crippen LogP contribution in [0.1, 0.15) is 13.8 Å². The van der Waals surface area contributed by atoms with E-state index < -0.39 is 0 Å². The summed E-state index contributed by atoms with van der Waals surface area (Å²) in [5.41, 5.74) is 0. The van der Waals surface area contributed by atoms with Crippen LogP contribution in [0.25, 0.3) is 0 Å². The van der Waals surface area contributed by atoms with Crippen LogP contribution in [0.15, 0.2) is 0 Å². The van der Waals surface area contributed by atoms with E-state index in [1.165, 1.54) is 0 Å². The molecule has 1 unspecified atom stereocenters. The van der Waals surface area contributed by atoms with Crippen LogP contribution in [-0.2, 0) is 9.47 Å². The Morgan fingerprint density at radius 3 is 1.93 bits per heavy atom. The molecule has 0 heterocycles. The maximum atomic E-state index is 5.10. The molecule has 4 heteroatoms. The minimum atomic E-state index is -0.153. The number of ether oxygens (including phenoxy) is 2. The fourth-order valence-electron chi connectivity index (χ4n) is 1.63. The Bertz CT molecular complexity index is 140. The van der Waals surface area contributed by atoms with Gasteiger partial charge in [0.25, 0.3) is 0 Å². The van der Waals surface area contributed by atoms with Gasteiger partial charge in [0.1, 0.15) is 0 Å². The van der Waals surface area contributed by atoms with Gasteiger partial charge in [0.2, 0.25) is 0 Å². The molecule has 1 atom stereocenters. The van der Waals surface area contributed by atoms with Crippen LogP contribution >= 0.6 is 0 Å². The summed E-state index contributed by atoms with van der Waals surface area (Å²) in [4.78, 5) is 2.24. The van der Waals surface area contributed by atoms with Crippen LogP contribution in [0.3, 0.4) is 0 Å². The van der Waals surface area contributed by atoms with E-state index in [9.17, 15) is 0 Å². The predicted octanol–water partition coefficient (Wildman–Crippen LogP) is 0.781. The Hall–Kier alpha value is -0.160. The van der Waals surface area contributed by atoms with E-state index in [-0.39, 0.29) is 6.29 Å². The molecule has 0 aliphatic carbocycles. The van der Waals surface area contributed by atoms with Gasteiger partial charge in [0, 0.05) is 33.4 Å². The average molecular weight is 218 g/mol. The third-order valence-corrected chi connectivity index (χ3v) is 2.62. The van der Waals surface area contributed by atoms with Crippen molar-refractivity contribution in [3.05, 3.63) is 0 Å². The molecule has 92 valence electrons. The lowest BCUT2D eigenvalue weighted by atomic mass is 10.0. The van der Waals surface area contributed by atoms with Crippen molar-refractivity contribution in [3.8, 4) is 0 Å². The molecule has 0 amide bonds. The number of hydrogen-bond donors (Lipinski definition) is 1. The zero-order valence-electron chi connectivity index (χ0n) is 10.9. The molecule has 0 bridgehead atoms. The molecule has 0 aromatic rings. The van der Waals surface area contributed by atoms with Gasteiger partial charge in [0.15, 0.2) is 6.29 Å². The van der Waals surface area contributed by atoms with Crippen molar-refractivity contribution in [2.75, 3.05) is 41.4 Å². The van der Waals surface area contributed by atoms with Crippen LogP contribution in [-0.4, -0.2) is 58.6 Å². The molecule has 0 aliphatic rings. The second kappa shape index (κ2) is 8.05. The number of nitrogens with zero attached hydrogens (tertiary/aromatic N) is 1. The first kappa shape index (κ1) is 14.8. The quantitative estimate of drug-likeness (QED) is 0.611. The molecule has 0 spiro atoms. The fraction of sp³-hybridized carbons (Fsp3) is 1.00. The third kappa shape index (κ3) is 6.10. The smallest absolute Gasteiger partial charge is 0.169 e. The minimum absolute atomic E-state index is 0.153. The highest BCUT2D eigenvalue weighted by Crippen LogP contribution is 2.05. The summed E-state index contributed by atoms with van der Waals surface area (Å²) in [6, 6.07) is 0.541. The zero-order chi connectivity index (χ0) is 11.8. The second-order valence-corrected chi connectivity index (χ2v) is 4.33. The SMILES string of the molecule is COC(CNCC(C(C)C)N(C)C)OC. The standard InChI is InChI=1S/C11H26N2O2/c1-9(2)10(13(3)4)7-12-8-11(14-5)15-6/h9-12H,7-8H2,1-6H3. The highest BCUT2D eigenvalue weighted by molar-refractivity contribution is 4.72. The van der Waals surface area contributed by atoms with Crippen molar-refractivity contribution in [2.24, 2.45) is 5.92 Å². The summed E-state index contributed by atoms with van der Waals surface area (Å²) >= 11 is 0. The van der Waals surface area contributed by atoms with Crippen molar-refractivity contribution in [3.63, 3.8) is 0 Å². The highest BCUT2D eigenvalue weighted by atomic mass is 16.7. The maximum Gasteiger partial charge on any atom is 0.169 e.